The van der Waals surface area contributed by atoms with Crippen LogP contribution in [-0.4, -0.2) is 18.0 Å². The van der Waals surface area contributed by atoms with Crippen LogP contribution in [0.4, 0.5) is 0 Å². The zero-order valence-electron chi connectivity index (χ0n) is 7.83. The average molecular weight is 185 g/mol. The summed E-state index contributed by atoms with van der Waals surface area (Å²) in [4.78, 5) is 0. The number of epoxide rings is 1. The lowest BCUT2D eigenvalue weighted by molar-refractivity contribution is 0.295. The third-order valence-corrected chi connectivity index (χ3v) is 2.44. The first kappa shape index (κ1) is 9.88. The number of rotatable bonds is 3. The van der Waals surface area contributed by atoms with Crippen LogP contribution < -0.4 is 0 Å². The first-order chi connectivity index (χ1) is 5.53. The van der Waals surface area contributed by atoms with Crippen LogP contribution in [0.2, 0.25) is 0 Å². The summed E-state index contributed by atoms with van der Waals surface area (Å²) in [5.74, 6) is 0.831. The molecule has 0 N–H and O–H groups in total. The van der Waals surface area contributed by atoms with Gasteiger partial charge in [-0.1, -0.05) is 20.8 Å². The van der Waals surface area contributed by atoms with Gasteiger partial charge in [0.1, 0.15) is 5.40 Å². The molecule has 2 nitrogen and oxygen atoms in total. The molecule has 0 aromatic carbocycles. The molecule has 2 atom stereocenters. The Morgan fingerprint density at radius 1 is 1.42 bits per heavy atom. The molecule has 1 fully saturated rings. The molecule has 3 heteroatoms. The molecular formula is C9H15NOS. The summed E-state index contributed by atoms with van der Waals surface area (Å²) < 4.78 is 5.42. The topological polar surface area (TPSA) is 36.3 Å². The minimum absolute atomic E-state index is 0.342. The highest BCUT2D eigenvalue weighted by Gasteiger charge is 2.40. The van der Waals surface area contributed by atoms with E-state index in [4.69, 9.17) is 10.00 Å². The van der Waals surface area contributed by atoms with Crippen molar-refractivity contribution in [3.8, 4) is 5.40 Å². The molecule has 0 amide bonds. The van der Waals surface area contributed by atoms with Crippen LogP contribution >= 0.6 is 11.8 Å². The summed E-state index contributed by atoms with van der Waals surface area (Å²) >= 11 is 1.29. The van der Waals surface area contributed by atoms with Gasteiger partial charge in [-0.3, -0.25) is 0 Å². The first-order valence-corrected chi connectivity index (χ1v) is 5.18. The Labute approximate surface area is 78.3 Å². The van der Waals surface area contributed by atoms with Crippen molar-refractivity contribution in [3.05, 3.63) is 0 Å². The molecule has 1 heterocycles. The third-order valence-electron chi connectivity index (χ3n) is 1.81. The van der Waals surface area contributed by atoms with Crippen molar-refractivity contribution in [3.63, 3.8) is 0 Å². The van der Waals surface area contributed by atoms with Crippen molar-refractivity contribution in [2.45, 2.75) is 39.4 Å². The van der Waals surface area contributed by atoms with E-state index in [1.165, 1.54) is 11.8 Å². The predicted octanol–water partition coefficient (Wildman–Crippen LogP) is 2.40. The van der Waals surface area contributed by atoms with Crippen LogP contribution in [0.25, 0.3) is 0 Å². The minimum atomic E-state index is 0.342. The van der Waals surface area contributed by atoms with Gasteiger partial charge in [-0.15, -0.1) is 0 Å². The Hall–Kier alpha value is -0.200. The molecule has 0 spiro atoms. The predicted molar refractivity (Wildman–Crippen MR) is 50.8 cm³/mol. The Morgan fingerprint density at radius 3 is 2.58 bits per heavy atom. The molecule has 12 heavy (non-hydrogen) atoms. The lowest BCUT2D eigenvalue weighted by Crippen LogP contribution is -2.10. The SMILES string of the molecule is CC(C)(C)C[C@H]1O[C@@H]1CSC#N. The summed E-state index contributed by atoms with van der Waals surface area (Å²) in [6, 6.07) is 0. The van der Waals surface area contributed by atoms with E-state index in [9.17, 15) is 0 Å². The molecule has 1 rings (SSSR count). The van der Waals surface area contributed by atoms with Gasteiger partial charge in [-0.25, -0.2) is 0 Å². The number of thiocyanates is 1. The number of nitriles is 1. The van der Waals surface area contributed by atoms with Crippen LogP contribution in [0.3, 0.4) is 0 Å². The van der Waals surface area contributed by atoms with Gasteiger partial charge in [0.25, 0.3) is 0 Å². The molecule has 0 unspecified atom stereocenters. The molecule has 0 saturated carbocycles. The van der Waals surface area contributed by atoms with E-state index < -0.39 is 0 Å². The molecule has 0 aliphatic carbocycles. The van der Waals surface area contributed by atoms with E-state index in [1.807, 2.05) is 0 Å². The molecule has 0 aromatic rings. The van der Waals surface area contributed by atoms with Crippen molar-refractivity contribution in [2.75, 3.05) is 5.75 Å². The lowest BCUT2D eigenvalue weighted by Gasteiger charge is -2.15. The van der Waals surface area contributed by atoms with Crippen LogP contribution in [0.5, 0.6) is 0 Å². The molecule has 1 saturated heterocycles. The normalized spacial score (nSPS) is 28.2. The second kappa shape index (κ2) is 3.68. The smallest absolute Gasteiger partial charge is 0.133 e. The molecule has 1 aliphatic heterocycles. The van der Waals surface area contributed by atoms with Crippen LogP contribution in [-0.2, 0) is 4.74 Å². The number of hydrogen-bond donors (Lipinski definition) is 0. The Morgan fingerprint density at radius 2 is 2.08 bits per heavy atom. The summed E-state index contributed by atoms with van der Waals surface area (Å²) in [6.45, 7) is 6.63. The van der Waals surface area contributed by atoms with E-state index in [1.54, 1.807) is 0 Å². The second-order valence-corrected chi connectivity index (χ2v) is 5.18. The largest absolute Gasteiger partial charge is 0.369 e. The van der Waals surface area contributed by atoms with Crippen LogP contribution in [0, 0.1) is 16.1 Å². The number of thioether (sulfide) groups is 1. The molecule has 0 radical (unpaired) electrons. The summed E-state index contributed by atoms with van der Waals surface area (Å²) in [5, 5.41) is 10.4. The van der Waals surface area contributed by atoms with E-state index >= 15 is 0 Å². The Balaban J connectivity index is 2.13. The molecule has 0 bridgehead atoms. The maximum absolute atomic E-state index is 8.32. The fourth-order valence-electron chi connectivity index (χ4n) is 1.23. The van der Waals surface area contributed by atoms with Gasteiger partial charge in [-0.05, 0) is 23.6 Å². The van der Waals surface area contributed by atoms with Crippen molar-refractivity contribution >= 4 is 11.8 Å². The highest BCUT2D eigenvalue weighted by atomic mass is 32.2. The third kappa shape index (κ3) is 3.46. The van der Waals surface area contributed by atoms with Gasteiger partial charge >= 0.3 is 0 Å². The highest BCUT2D eigenvalue weighted by molar-refractivity contribution is 8.03. The maximum atomic E-state index is 8.32. The second-order valence-electron chi connectivity index (χ2n) is 4.38. The van der Waals surface area contributed by atoms with Gasteiger partial charge in [-0.2, -0.15) is 5.26 Å². The minimum Gasteiger partial charge on any atom is -0.369 e. The van der Waals surface area contributed by atoms with Crippen LogP contribution in [0.15, 0.2) is 0 Å². The lowest BCUT2D eigenvalue weighted by atomic mass is 9.90. The summed E-state index contributed by atoms with van der Waals surface area (Å²) in [6.07, 6.45) is 1.85. The van der Waals surface area contributed by atoms with E-state index in [-0.39, 0.29) is 0 Å². The van der Waals surface area contributed by atoms with Crippen molar-refractivity contribution in [1.29, 1.82) is 5.26 Å². The van der Waals surface area contributed by atoms with E-state index in [0.29, 0.717) is 17.6 Å². The monoisotopic (exact) mass is 185 g/mol. The van der Waals surface area contributed by atoms with Gasteiger partial charge < -0.3 is 4.74 Å². The van der Waals surface area contributed by atoms with Crippen molar-refractivity contribution in [1.82, 2.24) is 0 Å². The molecule has 1 aliphatic rings. The molecule has 68 valence electrons. The number of hydrogen-bond acceptors (Lipinski definition) is 3. The fourth-order valence-corrected chi connectivity index (χ4v) is 1.76. The number of ether oxygens (including phenoxy) is 1. The quantitative estimate of drug-likeness (QED) is 0.500. The van der Waals surface area contributed by atoms with Crippen molar-refractivity contribution in [2.24, 2.45) is 5.41 Å². The summed E-state index contributed by atoms with van der Waals surface area (Å²) in [7, 11) is 0. The molecular weight excluding hydrogens is 170 g/mol. The van der Waals surface area contributed by atoms with Gasteiger partial charge in [0.15, 0.2) is 0 Å². The fraction of sp³-hybridized carbons (Fsp3) is 0.889. The first-order valence-electron chi connectivity index (χ1n) is 4.19. The van der Waals surface area contributed by atoms with E-state index in [2.05, 4.69) is 26.2 Å². The Bertz CT molecular complexity index is 192. The zero-order chi connectivity index (χ0) is 9.19. The average Bonchev–Trinajstić information content (AvgIpc) is 2.60. The maximum Gasteiger partial charge on any atom is 0.133 e. The summed E-state index contributed by atoms with van der Waals surface area (Å²) in [5.41, 5.74) is 0.344. The zero-order valence-corrected chi connectivity index (χ0v) is 8.65. The Kier molecular flexibility index (Phi) is 3.03. The van der Waals surface area contributed by atoms with Gasteiger partial charge in [0.05, 0.1) is 12.2 Å². The van der Waals surface area contributed by atoms with Gasteiger partial charge in [0.2, 0.25) is 0 Å². The van der Waals surface area contributed by atoms with Crippen LogP contribution in [0.1, 0.15) is 27.2 Å². The van der Waals surface area contributed by atoms with E-state index in [0.717, 1.165) is 12.2 Å². The number of nitrogens with zero attached hydrogens (tertiary/aromatic N) is 1. The highest BCUT2D eigenvalue weighted by Crippen LogP contribution is 2.35. The standard InChI is InChI=1S/C9H15NOS/c1-9(2,3)4-7-8(11-7)5-12-6-10/h7-8H,4-5H2,1-3H3/t7-,8-/m1/s1. The molecule has 0 aromatic heterocycles. The van der Waals surface area contributed by atoms with Gasteiger partial charge in [0, 0.05) is 5.75 Å². The van der Waals surface area contributed by atoms with Crippen molar-refractivity contribution < 1.29 is 4.74 Å².